The number of halogens is 1. The second kappa shape index (κ2) is 7.56. The summed E-state index contributed by atoms with van der Waals surface area (Å²) in [5.41, 5.74) is 0.768. The SMILES string of the molecule is N#C[C@H](NC(=O)CC1CCSCC1)c1ccc(Cl)cc1. The van der Waals surface area contributed by atoms with Gasteiger partial charge in [-0.2, -0.15) is 17.0 Å². The van der Waals surface area contributed by atoms with Crippen molar-refractivity contribution in [2.75, 3.05) is 11.5 Å². The highest BCUT2D eigenvalue weighted by Crippen LogP contribution is 2.25. The van der Waals surface area contributed by atoms with Crippen molar-refractivity contribution < 1.29 is 4.79 Å². The molecule has 1 heterocycles. The minimum absolute atomic E-state index is 0.0385. The fraction of sp³-hybridized carbons (Fsp3) is 0.467. The molecule has 5 heteroatoms. The van der Waals surface area contributed by atoms with Gasteiger partial charge in [0.1, 0.15) is 6.04 Å². The summed E-state index contributed by atoms with van der Waals surface area (Å²) in [6, 6.07) is 8.53. The number of nitriles is 1. The fourth-order valence-corrected chi connectivity index (χ4v) is 3.61. The molecule has 0 bridgehead atoms. The van der Waals surface area contributed by atoms with E-state index in [4.69, 9.17) is 11.6 Å². The first kappa shape index (κ1) is 15.2. The van der Waals surface area contributed by atoms with E-state index in [1.807, 2.05) is 11.8 Å². The zero-order valence-corrected chi connectivity index (χ0v) is 12.7. The van der Waals surface area contributed by atoms with E-state index in [1.165, 1.54) is 0 Å². The lowest BCUT2D eigenvalue weighted by atomic mass is 9.98. The van der Waals surface area contributed by atoms with Crippen molar-refractivity contribution >= 4 is 29.3 Å². The lowest BCUT2D eigenvalue weighted by molar-refractivity contribution is -0.122. The van der Waals surface area contributed by atoms with Gasteiger partial charge in [0.15, 0.2) is 0 Å². The first-order valence-corrected chi connectivity index (χ1v) is 8.24. The molecule has 3 nitrogen and oxygen atoms in total. The van der Waals surface area contributed by atoms with Crippen LogP contribution in [-0.4, -0.2) is 17.4 Å². The van der Waals surface area contributed by atoms with Crippen LogP contribution in [0.1, 0.15) is 30.9 Å². The molecule has 0 unspecified atom stereocenters. The van der Waals surface area contributed by atoms with Crippen molar-refractivity contribution in [3.05, 3.63) is 34.9 Å². The molecule has 0 radical (unpaired) electrons. The van der Waals surface area contributed by atoms with Crippen molar-refractivity contribution in [3.63, 3.8) is 0 Å². The number of carbonyl (C=O) groups is 1. The minimum Gasteiger partial charge on any atom is -0.337 e. The number of rotatable bonds is 4. The van der Waals surface area contributed by atoms with E-state index in [-0.39, 0.29) is 5.91 Å². The number of hydrogen-bond acceptors (Lipinski definition) is 3. The van der Waals surface area contributed by atoms with Gasteiger partial charge in [0, 0.05) is 11.4 Å². The van der Waals surface area contributed by atoms with E-state index in [0.29, 0.717) is 17.4 Å². The van der Waals surface area contributed by atoms with Crippen molar-refractivity contribution in [1.82, 2.24) is 5.32 Å². The lowest BCUT2D eigenvalue weighted by Gasteiger charge is -2.21. The van der Waals surface area contributed by atoms with E-state index in [0.717, 1.165) is 29.9 Å². The monoisotopic (exact) mass is 308 g/mol. The Morgan fingerprint density at radius 2 is 2.05 bits per heavy atom. The van der Waals surface area contributed by atoms with Crippen LogP contribution in [0.15, 0.2) is 24.3 Å². The van der Waals surface area contributed by atoms with Crippen LogP contribution >= 0.6 is 23.4 Å². The van der Waals surface area contributed by atoms with Gasteiger partial charge in [-0.15, -0.1) is 0 Å². The Bertz CT molecular complexity index is 492. The molecular weight excluding hydrogens is 292 g/mol. The predicted molar refractivity (Wildman–Crippen MR) is 82.6 cm³/mol. The summed E-state index contributed by atoms with van der Waals surface area (Å²) in [7, 11) is 0. The molecule has 1 atom stereocenters. The first-order chi connectivity index (χ1) is 9.69. The first-order valence-electron chi connectivity index (χ1n) is 6.71. The summed E-state index contributed by atoms with van der Waals surface area (Å²) in [4.78, 5) is 12.0. The van der Waals surface area contributed by atoms with Crippen molar-refractivity contribution in [2.45, 2.75) is 25.3 Å². The highest BCUT2D eigenvalue weighted by Gasteiger charge is 2.20. The topological polar surface area (TPSA) is 52.9 Å². The van der Waals surface area contributed by atoms with Gasteiger partial charge in [-0.1, -0.05) is 23.7 Å². The maximum atomic E-state index is 12.0. The lowest BCUT2D eigenvalue weighted by Crippen LogP contribution is -2.30. The summed E-state index contributed by atoms with van der Waals surface area (Å²) in [5.74, 6) is 2.69. The maximum Gasteiger partial charge on any atom is 0.221 e. The average molecular weight is 309 g/mol. The van der Waals surface area contributed by atoms with Crippen molar-refractivity contribution in [1.29, 1.82) is 5.26 Å². The molecule has 0 aromatic heterocycles. The van der Waals surface area contributed by atoms with Crippen molar-refractivity contribution in [3.8, 4) is 6.07 Å². The van der Waals surface area contributed by atoms with Crippen LogP contribution in [0.25, 0.3) is 0 Å². The van der Waals surface area contributed by atoms with Crippen LogP contribution in [0.5, 0.6) is 0 Å². The average Bonchev–Trinajstić information content (AvgIpc) is 2.47. The quantitative estimate of drug-likeness (QED) is 0.925. The molecule has 1 amide bonds. The van der Waals surface area contributed by atoms with Gasteiger partial charge in [0.05, 0.1) is 6.07 Å². The minimum atomic E-state index is -0.599. The number of carbonyl (C=O) groups excluding carboxylic acids is 1. The zero-order valence-electron chi connectivity index (χ0n) is 11.1. The summed E-state index contributed by atoms with van der Waals surface area (Å²) >= 11 is 7.77. The second-order valence-electron chi connectivity index (χ2n) is 4.94. The van der Waals surface area contributed by atoms with E-state index >= 15 is 0 Å². The number of hydrogen-bond donors (Lipinski definition) is 1. The zero-order chi connectivity index (χ0) is 14.4. The Morgan fingerprint density at radius 1 is 1.40 bits per heavy atom. The Kier molecular flexibility index (Phi) is 5.75. The van der Waals surface area contributed by atoms with Crippen LogP contribution in [-0.2, 0) is 4.79 Å². The molecule has 1 aliphatic rings. The molecule has 1 aromatic carbocycles. The third kappa shape index (κ3) is 4.43. The van der Waals surface area contributed by atoms with Gasteiger partial charge in [-0.05, 0) is 48.0 Å². The molecule has 0 spiro atoms. The molecule has 0 saturated carbocycles. The second-order valence-corrected chi connectivity index (χ2v) is 6.60. The van der Waals surface area contributed by atoms with Gasteiger partial charge in [0.25, 0.3) is 0 Å². The number of benzene rings is 1. The van der Waals surface area contributed by atoms with Gasteiger partial charge in [-0.3, -0.25) is 4.79 Å². The van der Waals surface area contributed by atoms with Crippen LogP contribution in [0, 0.1) is 17.2 Å². The van der Waals surface area contributed by atoms with Gasteiger partial charge < -0.3 is 5.32 Å². The third-order valence-electron chi connectivity index (χ3n) is 3.45. The molecule has 0 aliphatic carbocycles. The number of nitrogens with one attached hydrogen (secondary N) is 1. The highest BCUT2D eigenvalue weighted by molar-refractivity contribution is 7.99. The largest absolute Gasteiger partial charge is 0.337 e. The molecular formula is C15H17ClN2OS. The molecule has 1 aromatic rings. The number of amides is 1. The summed E-state index contributed by atoms with van der Waals surface area (Å²) < 4.78 is 0. The molecule has 1 saturated heterocycles. The van der Waals surface area contributed by atoms with Crippen LogP contribution in [0.4, 0.5) is 0 Å². The molecule has 1 fully saturated rings. The molecule has 1 N–H and O–H groups in total. The Morgan fingerprint density at radius 3 is 2.65 bits per heavy atom. The summed E-state index contributed by atoms with van der Waals surface area (Å²) in [6.45, 7) is 0. The Balaban J connectivity index is 1.90. The van der Waals surface area contributed by atoms with Crippen LogP contribution in [0.3, 0.4) is 0 Å². The summed E-state index contributed by atoms with van der Waals surface area (Å²) in [5, 5.41) is 12.6. The normalized spacial score (nSPS) is 17.2. The van der Waals surface area contributed by atoms with E-state index < -0.39 is 6.04 Å². The molecule has 20 heavy (non-hydrogen) atoms. The van der Waals surface area contributed by atoms with Crippen molar-refractivity contribution in [2.24, 2.45) is 5.92 Å². The third-order valence-corrected chi connectivity index (χ3v) is 4.75. The van der Waals surface area contributed by atoms with E-state index in [2.05, 4.69) is 11.4 Å². The van der Waals surface area contributed by atoms with Crippen LogP contribution < -0.4 is 5.32 Å². The highest BCUT2D eigenvalue weighted by atomic mass is 35.5. The van der Waals surface area contributed by atoms with Gasteiger partial charge in [0.2, 0.25) is 5.91 Å². The molecule has 1 aliphatic heterocycles. The van der Waals surface area contributed by atoms with Gasteiger partial charge >= 0.3 is 0 Å². The van der Waals surface area contributed by atoms with Crippen LogP contribution in [0.2, 0.25) is 5.02 Å². The fourth-order valence-electron chi connectivity index (χ4n) is 2.28. The predicted octanol–water partition coefficient (Wildman–Crippen LogP) is 3.55. The van der Waals surface area contributed by atoms with E-state index in [1.54, 1.807) is 24.3 Å². The Hall–Kier alpha value is -1.18. The standard InChI is InChI=1S/C15H17ClN2OS/c16-13-3-1-12(2-4-13)14(10-17)18-15(19)9-11-5-7-20-8-6-11/h1-4,11,14H,5-9H2,(H,18,19)/t14-/m0/s1. The van der Waals surface area contributed by atoms with E-state index in [9.17, 15) is 10.1 Å². The Labute approximate surface area is 128 Å². The maximum absolute atomic E-state index is 12.0. The molecule has 106 valence electrons. The smallest absolute Gasteiger partial charge is 0.221 e. The van der Waals surface area contributed by atoms with Gasteiger partial charge in [-0.25, -0.2) is 0 Å². The summed E-state index contributed by atoms with van der Waals surface area (Å²) in [6.07, 6.45) is 2.71. The molecule has 2 rings (SSSR count). The number of thioether (sulfide) groups is 1. The number of nitrogens with zero attached hydrogens (tertiary/aromatic N) is 1.